The molecule has 132 valence electrons. The Morgan fingerprint density at radius 3 is 2.44 bits per heavy atom. The number of anilines is 1. The van der Waals surface area contributed by atoms with Gasteiger partial charge in [-0.05, 0) is 24.5 Å². The molecule has 0 saturated heterocycles. The highest BCUT2D eigenvalue weighted by atomic mass is 16.1. The van der Waals surface area contributed by atoms with Crippen LogP contribution >= 0.6 is 0 Å². The van der Waals surface area contributed by atoms with Gasteiger partial charge in [0.05, 0.1) is 0 Å². The molecule has 1 aliphatic rings. The van der Waals surface area contributed by atoms with Gasteiger partial charge in [-0.25, -0.2) is 9.97 Å². The average molecular weight is 338 g/mol. The highest BCUT2D eigenvalue weighted by molar-refractivity contribution is 5.76. The number of hydrogen-bond acceptors (Lipinski definition) is 4. The largest absolute Gasteiger partial charge is 0.355 e. The molecule has 0 bridgehead atoms. The van der Waals surface area contributed by atoms with Crippen LogP contribution in [0.15, 0.2) is 48.8 Å². The van der Waals surface area contributed by atoms with Crippen LogP contribution in [0.3, 0.4) is 0 Å². The van der Waals surface area contributed by atoms with E-state index in [4.69, 9.17) is 0 Å². The summed E-state index contributed by atoms with van der Waals surface area (Å²) < 4.78 is 0. The van der Waals surface area contributed by atoms with E-state index < -0.39 is 0 Å². The predicted octanol–water partition coefficient (Wildman–Crippen LogP) is 3.30. The third kappa shape index (κ3) is 4.78. The van der Waals surface area contributed by atoms with Gasteiger partial charge in [0, 0.05) is 37.3 Å². The summed E-state index contributed by atoms with van der Waals surface area (Å²) in [5, 5.41) is 6.23. The van der Waals surface area contributed by atoms with E-state index in [0.29, 0.717) is 18.9 Å². The summed E-state index contributed by atoms with van der Waals surface area (Å²) in [4.78, 5) is 20.4. The molecule has 5 nitrogen and oxygen atoms in total. The first-order valence-electron chi connectivity index (χ1n) is 9.12. The molecule has 0 atom stereocenters. The first-order chi connectivity index (χ1) is 12.3. The second-order valence-corrected chi connectivity index (χ2v) is 6.73. The lowest BCUT2D eigenvalue weighted by atomic mass is 9.69. The minimum Gasteiger partial charge on any atom is -0.355 e. The molecular formula is C20H26N4O. The summed E-state index contributed by atoms with van der Waals surface area (Å²) in [5.74, 6) is 0.632. The van der Waals surface area contributed by atoms with Crippen LogP contribution in [0.25, 0.3) is 0 Å². The maximum atomic E-state index is 12.3. The molecule has 0 spiro atoms. The third-order valence-electron chi connectivity index (χ3n) is 5.02. The molecular weight excluding hydrogens is 312 g/mol. The van der Waals surface area contributed by atoms with Gasteiger partial charge in [-0.3, -0.25) is 4.79 Å². The van der Waals surface area contributed by atoms with Crippen LogP contribution in [0.5, 0.6) is 0 Å². The van der Waals surface area contributed by atoms with Crippen molar-refractivity contribution in [3.05, 3.63) is 54.4 Å². The van der Waals surface area contributed by atoms with E-state index in [1.165, 1.54) is 24.8 Å². The number of rotatable bonds is 7. The van der Waals surface area contributed by atoms with Crippen molar-refractivity contribution >= 4 is 11.9 Å². The van der Waals surface area contributed by atoms with Crippen LogP contribution in [0.2, 0.25) is 0 Å². The maximum Gasteiger partial charge on any atom is 0.222 e. The van der Waals surface area contributed by atoms with Crippen LogP contribution in [-0.4, -0.2) is 29.0 Å². The molecule has 3 rings (SSSR count). The summed E-state index contributed by atoms with van der Waals surface area (Å²) >= 11 is 0. The number of carbonyl (C=O) groups is 1. The Labute approximate surface area is 149 Å². The Hall–Kier alpha value is -2.43. The first-order valence-corrected chi connectivity index (χ1v) is 9.12. The lowest BCUT2D eigenvalue weighted by Crippen LogP contribution is -2.42. The lowest BCUT2D eigenvalue weighted by molar-refractivity contribution is -0.121. The van der Waals surface area contributed by atoms with Gasteiger partial charge in [-0.2, -0.15) is 0 Å². The second-order valence-electron chi connectivity index (χ2n) is 6.73. The van der Waals surface area contributed by atoms with Crippen LogP contribution in [0, 0.1) is 0 Å². The van der Waals surface area contributed by atoms with E-state index in [1.807, 2.05) is 0 Å². The Morgan fingerprint density at radius 2 is 1.72 bits per heavy atom. The third-order valence-corrected chi connectivity index (χ3v) is 5.02. The zero-order valence-corrected chi connectivity index (χ0v) is 14.6. The summed E-state index contributed by atoms with van der Waals surface area (Å²) in [5.41, 5.74) is 1.44. The van der Waals surface area contributed by atoms with Crippen molar-refractivity contribution in [2.75, 3.05) is 18.4 Å². The fourth-order valence-electron chi connectivity index (χ4n) is 3.62. The average Bonchev–Trinajstić information content (AvgIpc) is 2.69. The molecule has 5 heteroatoms. The van der Waals surface area contributed by atoms with Crippen LogP contribution in [0.1, 0.15) is 44.1 Å². The summed E-state index contributed by atoms with van der Waals surface area (Å²) in [6.45, 7) is 1.26. The van der Waals surface area contributed by atoms with E-state index in [2.05, 4.69) is 50.9 Å². The molecule has 2 N–H and O–H groups in total. The van der Waals surface area contributed by atoms with Crippen LogP contribution in [0.4, 0.5) is 5.95 Å². The molecule has 0 aliphatic heterocycles. The van der Waals surface area contributed by atoms with Crippen molar-refractivity contribution in [2.24, 2.45) is 0 Å². The highest BCUT2D eigenvalue weighted by Gasteiger charge is 2.33. The van der Waals surface area contributed by atoms with Crippen molar-refractivity contribution in [2.45, 2.75) is 43.9 Å². The number of nitrogens with one attached hydrogen (secondary N) is 2. The predicted molar refractivity (Wildman–Crippen MR) is 99.4 cm³/mol. The van der Waals surface area contributed by atoms with Gasteiger partial charge in [0.2, 0.25) is 11.9 Å². The van der Waals surface area contributed by atoms with Crippen molar-refractivity contribution < 1.29 is 4.79 Å². The number of nitrogens with zero attached hydrogens (tertiary/aromatic N) is 2. The quantitative estimate of drug-likeness (QED) is 0.813. The Bertz CT molecular complexity index is 654. The standard InChI is InChI=1S/C20H26N4O/c25-18(10-15-23-19-21-13-7-14-22-19)24-16-20(11-5-2-6-12-20)17-8-3-1-4-9-17/h1,3-4,7-9,13-14H,2,5-6,10-12,15-16H2,(H,24,25)(H,21,22,23). The molecule has 0 radical (unpaired) electrons. The zero-order valence-electron chi connectivity index (χ0n) is 14.6. The van der Waals surface area contributed by atoms with E-state index >= 15 is 0 Å². The van der Waals surface area contributed by atoms with Crippen LogP contribution < -0.4 is 10.6 Å². The normalized spacial score (nSPS) is 16.2. The molecule has 0 unspecified atom stereocenters. The minimum absolute atomic E-state index is 0.0734. The van der Waals surface area contributed by atoms with Gasteiger partial charge in [-0.1, -0.05) is 49.6 Å². The van der Waals surface area contributed by atoms with Crippen molar-refractivity contribution in [1.82, 2.24) is 15.3 Å². The number of amides is 1. The lowest BCUT2D eigenvalue weighted by Gasteiger charge is -2.38. The molecule has 1 fully saturated rings. The monoisotopic (exact) mass is 338 g/mol. The molecule has 1 aliphatic carbocycles. The van der Waals surface area contributed by atoms with Gasteiger partial charge >= 0.3 is 0 Å². The van der Waals surface area contributed by atoms with Crippen molar-refractivity contribution in [3.8, 4) is 0 Å². The molecule has 1 aromatic carbocycles. The number of hydrogen-bond donors (Lipinski definition) is 2. The van der Waals surface area contributed by atoms with Gasteiger partial charge < -0.3 is 10.6 Å². The number of aromatic nitrogens is 2. The molecule has 25 heavy (non-hydrogen) atoms. The van der Waals surface area contributed by atoms with Gasteiger partial charge in [-0.15, -0.1) is 0 Å². The van der Waals surface area contributed by atoms with Gasteiger partial charge in [0.1, 0.15) is 0 Å². The number of benzene rings is 1. The highest BCUT2D eigenvalue weighted by Crippen LogP contribution is 2.38. The fourth-order valence-corrected chi connectivity index (χ4v) is 3.62. The topological polar surface area (TPSA) is 66.9 Å². The maximum absolute atomic E-state index is 12.3. The second kappa shape index (κ2) is 8.60. The summed E-state index contributed by atoms with van der Waals surface area (Å²) in [6, 6.07) is 12.4. The van der Waals surface area contributed by atoms with E-state index in [0.717, 1.165) is 19.4 Å². The zero-order chi connectivity index (χ0) is 17.4. The SMILES string of the molecule is O=C(CCNc1ncccn1)NCC1(c2ccccc2)CCCCC1. The molecule has 1 saturated carbocycles. The number of carbonyl (C=O) groups excluding carboxylic acids is 1. The van der Waals surface area contributed by atoms with E-state index in [9.17, 15) is 4.79 Å². The first kappa shape index (κ1) is 17.4. The molecule has 1 heterocycles. The minimum atomic E-state index is 0.0734. The van der Waals surface area contributed by atoms with Crippen molar-refractivity contribution in [3.63, 3.8) is 0 Å². The van der Waals surface area contributed by atoms with Crippen LogP contribution in [-0.2, 0) is 10.2 Å². The molecule has 1 amide bonds. The van der Waals surface area contributed by atoms with E-state index in [-0.39, 0.29) is 11.3 Å². The summed E-state index contributed by atoms with van der Waals surface area (Å²) in [7, 11) is 0. The Morgan fingerprint density at radius 1 is 1.00 bits per heavy atom. The smallest absolute Gasteiger partial charge is 0.222 e. The Balaban J connectivity index is 1.52. The van der Waals surface area contributed by atoms with Crippen molar-refractivity contribution in [1.29, 1.82) is 0 Å². The summed E-state index contributed by atoms with van der Waals surface area (Å²) in [6.07, 6.45) is 9.84. The molecule has 1 aromatic heterocycles. The van der Waals surface area contributed by atoms with Gasteiger partial charge in [0.15, 0.2) is 0 Å². The Kier molecular flexibility index (Phi) is 5.99. The fraction of sp³-hybridized carbons (Fsp3) is 0.450. The van der Waals surface area contributed by atoms with Gasteiger partial charge in [0.25, 0.3) is 0 Å². The van der Waals surface area contributed by atoms with E-state index in [1.54, 1.807) is 18.5 Å². The molecule has 2 aromatic rings.